The molecule has 1 saturated heterocycles. The average molecular weight is 368 g/mol. The van der Waals surface area contributed by atoms with Gasteiger partial charge in [-0.25, -0.2) is 9.97 Å². The number of nitrogens with one attached hydrogen (secondary N) is 1. The van der Waals surface area contributed by atoms with Crippen LogP contribution in [0.1, 0.15) is 24.6 Å². The van der Waals surface area contributed by atoms with Crippen molar-refractivity contribution in [2.75, 3.05) is 17.2 Å². The fourth-order valence-electron chi connectivity index (χ4n) is 2.73. The average Bonchev–Trinajstić information content (AvgIpc) is 3.15. The third-order valence-electron chi connectivity index (χ3n) is 4.07. The number of ether oxygens (including phenoxy) is 1. The maximum absolute atomic E-state index is 10.7. The van der Waals surface area contributed by atoms with Gasteiger partial charge in [0.1, 0.15) is 24.0 Å². The Morgan fingerprint density at radius 3 is 3.04 bits per heavy atom. The number of nitrogen functional groups attached to an aromatic ring is 1. The van der Waals surface area contributed by atoms with Crippen LogP contribution < -0.4 is 11.5 Å². The summed E-state index contributed by atoms with van der Waals surface area (Å²) in [6, 6.07) is -0.850. The Bertz CT molecular complexity index is 756. The van der Waals surface area contributed by atoms with Crippen LogP contribution in [0.4, 0.5) is 5.82 Å². The first-order valence-corrected chi connectivity index (χ1v) is 8.97. The van der Waals surface area contributed by atoms with E-state index in [1.165, 1.54) is 6.33 Å². The molecule has 1 fully saturated rings. The Morgan fingerprint density at radius 2 is 2.28 bits per heavy atom. The summed E-state index contributed by atoms with van der Waals surface area (Å²) in [4.78, 5) is 18.7. The monoisotopic (exact) mass is 368 g/mol. The van der Waals surface area contributed by atoms with Crippen LogP contribution >= 0.6 is 11.8 Å². The molecule has 0 unspecified atom stereocenters. The third kappa shape index (κ3) is 3.84. The SMILES string of the molecule is Nc1ncnc2c([C@@H]3O[C@H](CSCC[C@H](N)C(=O)O)C[C@H]3O)[nH]nc12. The zero-order chi connectivity index (χ0) is 18.0. The first-order chi connectivity index (χ1) is 12.0. The van der Waals surface area contributed by atoms with Crippen LogP contribution in [0, 0.1) is 0 Å². The minimum atomic E-state index is -0.999. The van der Waals surface area contributed by atoms with Crippen molar-refractivity contribution in [3.8, 4) is 0 Å². The standard InChI is InChI=1S/C14H20N6O4S/c15-7(14(22)23)1-2-25-4-6-3-8(21)12(24-6)10-9-11(20-19-10)13(16)18-5-17-9/h5-8,12,21H,1-4,15H2,(H,19,20)(H,22,23)(H2,16,17,18)/t6-,7-,8+,12+/m0/s1. The van der Waals surface area contributed by atoms with Gasteiger partial charge in [-0.3, -0.25) is 9.89 Å². The minimum Gasteiger partial charge on any atom is -0.480 e. The zero-order valence-corrected chi connectivity index (χ0v) is 14.1. The van der Waals surface area contributed by atoms with Crippen LogP contribution in [0.25, 0.3) is 11.0 Å². The molecule has 1 aliphatic heterocycles. The van der Waals surface area contributed by atoms with Gasteiger partial charge in [0.15, 0.2) is 11.3 Å². The number of carboxylic acid groups (broad SMARTS) is 1. The van der Waals surface area contributed by atoms with Crippen LogP contribution in [0.2, 0.25) is 0 Å². The predicted octanol–water partition coefficient (Wildman–Crippen LogP) is -0.339. The summed E-state index contributed by atoms with van der Waals surface area (Å²) in [5.41, 5.74) is 12.8. The van der Waals surface area contributed by atoms with Crippen molar-refractivity contribution in [1.29, 1.82) is 0 Å². The van der Waals surface area contributed by atoms with Gasteiger partial charge in [-0.15, -0.1) is 0 Å². The number of aromatic amines is 1. The summed E-state index contributed by atoms with van der Waals surface area (Å²) >= 11 is 1.55. The van der Waals surface area contributed by atoms with Crippen molar-refractivity contribution in [2.24, 2.45) is 5.73 Å². The molecular formula is C14H20N6O4S. The Kier molecular flexibility index (Phi) is 5.37. The van der Waals surface area contributed by atoms with Crippen molar-refractivity contribution >= 4 is 34.6 Å². The van der Waals surface area contributed by atoms with Gasteiger partial charge in [-0.2, -0.15) is 16.9 Å². The molecule has 3 heterocycles. The van der Waals surface area contributed by atoms with Gasteiger partial charge < -0.3 is 26.4 Å². The summed E-state index contributed by atoms with van der Waals surface area (Å²) < 4.78 is 5.93. The van der Waals surface area contributed by atoms with Gasteiger partial charge in [0, 0.05) is 12.2 Å². The van der Waals surface area contributed by atoms with Gasteiger partial charge in [0.2, 0.25) is 0 Å². The number of aromatic nitrogens is 4. The highest BCUT2D eigenvalue weighted by molar-refractivity contribution is 7.99. The van der Waals surface area contributed by atoms with E-state index in [2.05, 4.69) is 20.2 Å². The van der Waals surface area contributed by atoms with Crippen LogP contribution in [-0.4, -0.2) is 66.1 Å². The van der Waals surface area contributed by atoms with Gasteiger partial charge in [-0.1, -0.05) is 0 Å². The molecule has 3 rings (SSSR count). The lowest BCUT2D eigenvalue weighted by Crippen LogP contribution is -2.30. The quantitative estimate of drug-likeness (QED) is 0.407. The number of carboxylic acids is 1. The Balaban J connectivity index is 1.58. The lowest BCUT2D eigenvalue weighted by molar-refractivity contribution is -0.138. The molecule has 7 N–H and O–H groups in total. The second-order valence-electron chi connectivity index (χ2n) is 5.88. The summed E-state index contributed by atoms with van der Waals surface area (Å²) in [5, 5.41) is 26.0. The molecule has 0 aliphatic carbocycles. The smallest absolute Gasteiger partial charge is 0.320 e. The summed E-state index contributed by atoms with van der Waals surface area (Å²) in [6.45, 7) is 0. The number of rotatable bonds is 7. The van der Waals surface area contributed by atoms with E-state index in [9.17, 15) is 9.90 Å². The molecule has 0 aromatic carbocycles. The second kappa shape index (κ2) is 7.52. The molecule has 11 heteroatoms. The lowest BCUT2D eigenvalue weighted by Gasteiger charge is -2.13. The molecule has 136 valence electrons. The number of anilines is 1. The van der Waals surface area contributed by atoms with E-state index in [-0.39, 0.29) is 11.9 Å². The van der Waals surface area contributed by atoms with Crippen molar-refractivity contribution in [2.45, 2.75) is 37.2 Å². The van der Waals surface area contributed by atoms with E-state index in [1.807, 2.05) is 0 Å². The van der Waals surface area contributed by atoms with Crippen molar-refractivity contribution < 1.29 is 19.7 Å². The number of aliphatic carboxylic acids is 1. The molecule has 0 spiro atoms. The van der Waals surface area contributed by atoms with E-state index in [4.69, 9.17) is 21.3 Å². The molecule has 10 nitrogen and oxygen atoms in total. The molecule has 0 bridgehead atoms. The Morgan fingerprint density at radius 1 is 1.48 bits per heavy atom. The maximum atomic E-state index is 10.7. The van der Waals surface area contributed by atoms with E-state index in [0.29, 0.717) is 41.1 Å². The molecule has 2 aromatic heterocycles. The van der Waals surface area contributed by atoms with Crippen LogP contribution in [-0.2, 0) is 9.53 Å². The Hall–Kier alpha value is -1.95. The third-order valence-corrected chi connectivity index (χ3v) is 5.20. The highest BCUT2D eigenvalue weighted by Crippen LogP contribution is 2.36. The highest BCUT2D eigenvalue weighted by Gasteiger charge is 2.37. The van der Waals surface area contributed by atoms with Crippen LogP contribution in [0.5, 0.6) is 0 Å². The molecule has 0 radical (unpaired) electrons. The number of fused-ring (bicyclic) bond motifs is 1. The molecule has 2 aromatic rings. The lowest BCUT2D eigenvalue weighted by atomic mass is 10.1. The summed E-state index contributed by atoms with van der Waals surface area (Å²) in [5.74, 6) is 0.524. The van der Waals surface area contributed by atoms with E-state index in [0.717, 1.165) is 0 Å². The molecule has 4 atom stereocenters. The normalized spacial score (nSPS) is 24.6. The molecule has 25 heavy (non-hydrogen) atoms. The van der Waals surface area contributed by atoms with Crippen molar-refractivity contribution in [3.05, 3.63) is 12.0 Å². The van der Waals surface area contributed by atoms with E-state index >= 15 is 0 Å². The fraction of sp³-hybridized carbons (Fsp3) is 0.571. The molecule has 0 amide bonds. The second-order valence-corrected chi connectivity index (χ2v) is 7.03. The first kappa shape index (κ1) is 17.9. The van der Waals surface area contributed by atoms with Crippen LogP contribution in [0.15, 0.2) is 6.33 Å². The number of nitrogens with zero attached hydrogens (tertiary/aromatic N) is 3. The van der Waals surface area contributed by atoms with E-state index < -0.39 is 24.2 Å². The number of aliphatic hydroxyl groups excluding tert-OH is 1. The number of carbonyl (C=O) groups is 1. The number of hydrogen-bond donors (Lipinski definition) is 5. The zero-order valence-electron chi connectivity index (χ0n) is 13.3. The van der Waals surface area contributed by atoms with Gasteiger partial charge in [0.05, 0.1) is 17.9 Å². The molecular weight excluding hydrogens is 348 g/mol. The largest absolute Gasteiger partial charge is 0.480 e. The Labute approximate surface area is 147 Å². The molecule has 0 saturated carbocycles. The number of hydrogen-bond acceptors (Lipinski definition) is 9. The topological polar surface area (TPSA) is 173 Å². The predicted molar refractivity (Wildman–Crippen MR) is 91.9 cm³/mol. The van der Waals surface area contributed by atoms with Crippen molar-refractivity contribution in [1.82, 2.24) is 20.2 Å². The molecule has 1 aliphatic rings. The number of H-pyrrole nitrogens is 1. The van der Waals surface area contributed by atoms with E-state index in [1.54, 1.807) is 11.8 Å². The first-order valence-electron chi connectivity index (χ1n) is 7.81. The number of nitrogens with two attached hydrogens (primary N) is 2. The maximum Gasteiger partial charge on any atom is 0.320 e. The van der Waals surface area contributed by atoms with Gasteiger partial charge in [-0.05, 0) is 12.2 Å². The summed E-state index contributed by atoms with van der Waals surface area (Å²) in [7, 11) is 0. The number of aliphatic hydroxyl groups is 1. The van der Waals surface area contributed by atoms with Crippen molar-refractivity contribution in [3.63, 3.8) is 0 Å². The summed E-state index contributed by atoms with van der Waals surface area (Å²) in [6.07, 6.45) is 0.808. The van der Waals surface area contributed by atoms with Crippen LogP contribution in [0.3, 0.4) is 0 Å². The van der Waals surface area contributed by atoms with Gasteiger partial charge in [0.25, 0.3) is 0 Å². The van der Waals surface area contributed by atoms with Gasteiger partial charge >= 0.3 is 5.97 Å². The minimum absolute atomic E-state index is 0.149. The fourth-order valence-corrected chi connectivity index (χ4v) is 3.79. The highest BCUT2D eigenvalue weighted by atomic mass is 32.2. The number of thioether (sulfide) groups is 1.